The van der Waals surface area contributed by atoms with Crippen molar-refractivity contribution in [2.75, 3.05) is 12.8 Å². The van der Waals surface area contributed by atoms with Crippen molar-refractivity contribution in [3.05, 3.63) is 78.9 Å². The maximum absolute atomic E-state index is 9.26. The van der Waals surface area contributed by atoms with Crippen LogP contribution in [0.3, 0.4) is 0 Å². The number of anilines is 1. The van der Waals surface area contributed by atoms with E-state index in [1.807, 2.05) is 54.0 Å². The summed E-state index contributed by atoms with van der Waals surface area (Å²) in [6.07, 6.45) is 8.89. The average molecular weight is 511 g/mol. The van der Waals surface area contributed by atoms with E-state index < -0.39 is 6.09 Å². The highest BCUT2D eigenvalue weighted by Crippen LogP contribution is 2.37. The highest BCUT2D eigenvalue weighted by atomic mass is 16.5. The second-order valence-corrected chi connectivity index (χ2v) is 9.21. The normalized spacial score (nSPS) is 13.6. The summed E-state index contributed by atoms with van der Waals surface area (Å²) in [6.45, 7) is 0. The molecule has 1 amide bonds. The molecule has 0 atom stereocenters. The van der Waals surface area contributed by atoms with Gasteiger partial charge in [-0.05, 0) is 37.1 Å². The predicted octanol–water partition coefficient (Wildman–Crippen LogP) is 6.25. The van der Waals surface area contributed by atoms with Crippen molar-refractivity contribution in [2.24, 2.45) is 0 Å². The Kier molecular flexibility index (Phi) is 7.35. The minimum Gasteiger partial charge on any atom is -0.465 e. The summed E-state index contributed by atoms with van der Waals surface area (Å²) in [5, 5.41) is 10.6. The number of imidazole rings is 1. The van der Waals surface area contributed by atoms with Crippen LogP contribution >= 0.6 is 0 Å². The molecule has 9 heteroatoms. The van der Waals surface area contributed by atoms with E-state index >= 15 is 0 Å². The van der Waals surface area contributed by atoms with Gasteiger partial charge in [0.05, 0.1) is 5.52 Å². The average Bonchev–Trinajstić information content (AvgIpc) is 3.35. The van der Waals surface area contributed by atoms with E-state index in [1.165, 1.54) is 39.2 Å². The Labute approximate surface area is 220 Å². The number of para-hydroxylation sites is 1. The highest BCUT2D eigenvalue weighted by Gasteiger charge is 2.24. The van der Waals surface area contributed by atoms with Crippen LogP contribution in [0.25, 0.3) is 27.7 Å². The number of aromatic nitrogens is 4. The van der Waals surface area contributed by atoms with Crippen molar-refractivity contribution in [3.63, 3.8) is 0 Å². The number of fused-ring (bicyclic) bond motifs is 2. The van der Waals surface area contributed by atoms with Gasteiger partial charge in [0.25, 0.3) is 0 Å². The summed E-state index contributed by atoms with van der Waals surface area (Å²) in [5.41, 5.74) is 9.91. The summed E-state index contributed by atoms with van der Waals surface area (Å²) in [5.74, 6) is 3.35. The molecule has 3 heterocycles. The Balaban J connectivity index is 0.000000540. The number of nitrogen functional groups attached to an aromatic ring is 1. The quantitative estimate of drug-likeness (QED) is 0.261. The molecule has 1 aliphatic carbocycles. The molecule has 0 spiro atoms. The third-order valence-electron chi connectivity index (χ3n) is 6.70. The van der Waals surface area contributed by atoms with E-state index in [1.54, 1.807) is 6.20 Å². The minimum absolute atomic E-state index is 0.450. The van der Waals surface area contributed by atoms with Gasteiger partial charge in [0.1, 0.15) is 28.6 Å². The number of carboxylic acid groups (broad SMARTS) is 1. The second-order valence-electron chi connectivity index (χ2n) is 9.21. The number of hydrogen-bond donors (Lipinski definition) is 3. The van der Waals surface area contributed by atoms with Gasteiger partial charge < -0.3 is 20.9 Å². The predicted molar refractivity (Wildman–Crippen MR) is 148 cm³/mol. The summed E-state index contributed by atoms with van der Waals surface area (Å²) >= 11 is 0. The zero-order valence-electron chi connectivity index (χ0n) is 21.2. The maximum Gasteiger partial charge on any atom is 0.404 e. The minimum atomic E-state index is -0.995. The number of nitrogens with zero attached hydrogens (tertiary/aromatic N) is 4. The SMILES string of the molecule is CNC(=O)O.Nc1nccn2c(C3CCCCC3)nc(-c3ccc4ccc(Oc5ccccc5)nc4c3)c12. The lowest BCUT2D eigenvalue weighted by molar-refractivity contribution is 0.197. The first kappa shape index (κ1) is 25.0. The molecular weight excluding hydrogens is 480 g/mol. The smallest absolute Gasteiger partial charge is 0.404 e. The third-order valence-corrected chi connectivity index (χ3v) is 6.70. The summed E-state index contributed by atoms with van der Waals surface area (Å²) in [7, 11) is 1.35. The van der Waals surface area contributed by atoms with Gasteiger partial charge in [-0.15, -0.1) is 0 Å². The highest BCUT2D eigenvalue weighted by molar-refractivity contribution is 5.90. The van der Waals surface area contributed by atoms with Crippen LogP contribution in [-0.2, 0) is 0 Å². The van der Waals surface area contributed by atoms with E-state index in [0.29, 0.717) is 17.6 Å². The molecule has 0 bridgehead atoms. The van der Waals surface area contributed by atoms with Crippen molar-refractivity contribution < 1.29 is 14.6 Å². The molecule has 1 fully saturated rings. The van der Waals surface area contributed by atoms with Crippen molar-refractivity contribution >= 4 is 28.3 Å². The fourth-order valence-corrected chi connectivity index (χ4v) is 4.85. The van der Waals surface area contributed by atoms with Crippen LogP contribution in [0, 0.1) is 0 Å². The van der Waals surface area contributed by atoms with Crippen LogP contribution in [0.2, 0.25) is 0 Å². The Bertz CT molecular complexity index is 1560. The number of hydrogen-bond acceptors (Lipinski definition) is 6. The van der Waals surface area contributed by atoms with Gasteiger partial charge in [-0.25, -0.2) is 19.7 Å². The van der Waals surface area contributed by atoms with Crippen LogP contribution in [-0.4, -0.2) is 37.6 Å². The maximum atomic E-state index is 9.26. The Morgan fingerprint density at radius 1 is 1.05 bits per heavy atom. The van der Waals surface area contributed by atoms with Crippen molar-refractivity contribution in [1.29, 1.82) is 0 Å². The number of rotatable bonds is 4. The van der Waals surface area contributed by atoms with Crippen LogP contribution in [0.1, 0.15) is 43.8 Å². The van der Waals surface area contributed by atoms with E-state index in [2.05, 4.69) is 27.6 Å². The summed E-state index contributed by atoms with van der Waals surface area (Å²) in [6, 6.07) is 19.8. The lowest BCUT2D eigenvalue weighted by Crippen LogP contribution is -2.13. The molecule has 194 valence electrons. The Hall–Kier alpha value is -4.66. The van der Waals surface area contributed by atoms with Gasteiger partial charge in [-0.2, -0.15) is 0 Å². The molecule has 0 saturated heterocycles. The number of nitrogens with one attached hydrogen (secondary N) is 1. The number of benzene rings is 2. The number of nitrogens with two attached hydrogens (primary N) is 1. The molecule has 0 radical (unpaired) electrons. The summed E-state index contributed by atoms with van der Waals surface area (Å²) < 4.78 is 8.08. The standard InChI is InChI=1S/C27H25N5O.C2H5NO2/c28-26-25-24(31-27(32(25)16-15-29-26)19-7-3-1-4-8-19)20-12-11-18-13-14-23(30-22(18)17-20)33-21-9-5-2-6-10-21;1-3-2(4)5/h2,5-6,9-17,19H,1,3-4,7-8H2,(H2,28,29);3H,1H3,(H,4,5). The number of pyridine rings is 1. The lowest BCUT2D eigenvalue weighted by Gasteiger charge is -2.20. The molecule has 0 aliphatic heterocycles. The number of carbonyl (C=O) groups is 1. The number of ether oxygens (including phenoxy) is 1. The molecule has 0 unspecified atom stereocenters. The van der Waals surface area contributed by atoms with E-state index in [0.717, 1.165) is 39.3 Å². The number of amides is 1. The first-order valence-corrected chi connectivity index (χ1v) is 12.7. The molecular formula is C29H30N6O3. The van der Waals surface area contributed by atoms with Gasteiger partial charge in [0.15, 0.2) is 0 Å². The molecule has 4 N–H and O–H groups in total. The zero-order chi connectivity index (χ0) is 26.5. The van der Waals surface area contributed by atoms with Crippen molar-refractivity contribution in [1.82, 2.24) is 24.7 Å². The topological polar surface area (TPSA) is 128 Å². The van der Waals surface area contributed by atoms with Crippen LogP contribution < -0.4 is 15.8 Å². The fraction of sp³-hybridized carbons (Fsp3) is 0.241. The van der Waals surface area contributed by atoms with Gasteiger partial charge in [-0.1, -0.05) is 49.6 Å². The van der Waals surface area contributed by atoms with Gasteiger partial charge in [0.2, 0.25) is 5.88 Å². The van der Waals surface area contributed by atoms with E-state index in [4.69, 9.17) is 25.5 Å². The lowest BCUT2D eigenvalue weighted by atomic mass is 9.89. The molecule has 9 nitrogen and oxygen atoms in total. The van der Waals surface area contributed by atoms with Crippen molar-refractivity contribution in [2.45, 2.75) is 38.0 Å². The molecule has 1 aliphatic rings. The largest absolute Gasteiger partial charge is 0.465 e. The van der Waals surface area contributed by atoms with E-state index in [9.17, 15) is 4.79 Å². The van der Waals surface area contributed by atoms with Gasteiger partial charge in [-0.3, -0.25) is 4.40 Å². The van der Waals surface area contributed by atoms with Gasteiger partial charge in [0, 0.05) is 42.4 Å². The molecule has 2 aromatic carbocycles. The van der Waals surface area contributed by atoms with Crippen LogP contribution in [0.15, 0.2) is 73.1 Å². The molecule has 38 heavy (non-hydrogen) atoms. The molecule has 6 rings (SSSR count). The summed E-state index contributed by atoms with van der Waals surface area (Å²) in [4.78, 5) is 23.5. The first-order valence-electron chi connectivity index (χ1n) is 12.7. The van der Waals surface area contributed by atoms with Gasteiger partial charge >= 0.3 is 6.09 Å². The fourth-order valence-electron chi connectivity index (χ4n) is 4.85. The van der Waals surface area contributed by atoms with Crippen molar-refractivity contribution in [3.8, 4) is 22.9 Å². The van der Waals surface area contributed by atoms with E-state index in [-0.39, 0.29) is 0 Å². The first-order chi connectivity index (χ1) is 18.5. The molecule has 1 saturated carbocycles. The Morgan fingerprint density at radius 2 is 1.79 bits per heavy atom. The molecule has 5 aromatic rings. The zero-order valence-corrected chi connectivity index (χ0v) is 21.2. The monoisotopic (exact) mass is 510 g/mol. The molecule has 3 aromatic heterocycles. The second kappa shape index (κ2) is 11.2. The van der Waals surface area contributed by atoms with Crippen LogP contribution in [0.5, 0.6) is 11.6 Å². The Morgan fingerprint density at radius 3 is 2.53 bits per heavy atom. The third kappa shape index (κ3) is 5.36. The van der Waals surface area contributed by atoms with Crippen LogP contribution in [0.4, 0.5) is 10.6 Å².